The van der Waals surface area contributed by atoms with E-state index in [4.69, 9.17) is 4.74 Å². The summed E-state index contributed by atoms with van der Waals surface area (Å²) in [6, 6.07) is 24.3. The van der Waals surface area contributed by atoms with Crippen molar-refractivity contribution < 1.29 is 37.4 Å². The number of benzene rings is 3. The van der Waals surface area contributed by atoms with Crippen LogP contribution in [0, 0.1) is 13.3 Å². The van der Waals surface area contributed by atoms with Crippen molar-refractivity contribution in [3.8, 4) is 11.4 Å². The zero-order valence-corrected chi connectivity index (χ0v) is 16.9. The maximum Gasteiger partial charge on any atom is 0.113 e. The predicted molar refractivity (Wildman–Crippen MR) is 95.4 cm³/mol. The molecular weight excluding hydrogens is 385 g/mol. The summed E-state index contributed by atoms with van der Waals surface area (Å²) < 4.78 is 7.89. The third-order valence-corrected chi connectivity index (χ3v) is 4.04. The SMILES string of the molecule is Cc1cccc2c1n[c-]n2-c1cccc(OCc2ccccc2)c1.[Y]. The molecule has 3 nitrogen and oxygen atoms in total. The Morgan fingerprint density at radius 2 is 1.76 bits per heavy atom. The first-order valence-corrected chi connectivity index (χ1v) is 7.94. The molecule has 25 heavy (non-hydrogen) atoms. The van der Waals surface area contributed by atoms with Crippen LogP contribution in [0.15, 0.2) is 72.8 Å². The Hall–Kier alpha value is -1.97. The molecule has 1 aromatic heterocycles. The predicted octanol–water partition coefficient (Wildman–Crippen LogP) is 4.71. The van der Waals surface area contributed by atoms with Crippen LogP contribution in [-0.4, -0.2) is 9.55 Å². The van der Waals surface area contributed by atoms with Crippen LogP contribution in [0.1, 0.15) is 11.1 Å². The maximum absolute atomic E-state index is 5.92. The third kappa shape index (κ3) is 3.83. The van der Waals surface area contributed by atoms with E-state index in [0.717, 1.165) is 33.6 Å². The van der Waals surface area contributed by atoms with Crippen LogP contribution >= 0.6 is 0 Å². The normalized spacial score (nSPS) is 10.4. The number of fused-ring (bicyclic) bond motifs is 1. The Balaban J connectivity index is 0.00000182. The van der Waals surface area contributed by atoms with Crippen molar-refractivity contribution in [3.63, 3.8) is 0 Å². The van der Waals surface area contributed by atoms with Crippen LogP contribution in [0.5, 0.6) is 5.75 Å². The van der Waals surface area contributed by atoms with Crippen molar-refractivity contribution in [1.82, 2.24) is 9.55 Å². The fourth-order valence-corrected chi connectivity index (χ4v) is 2.77. The average molecular weight is 402 g/mol. The molecule has 4 aromatic rings. The second-order valence-electron chi connectivity index (χ2n) is 5.76. The Bertz CT molecular complexity index is 980. The minimum absolute atomic E-state index is 0. The summed E-state index contributed by atoms with van der Waals surface area (Å²) in [5.41, 5.74) is 5.33. The molecule has 0 aliphatic rings. The molecule has 1 radical (unpaired) electrons. The van der Waals surface area contributed by atoms with Gasteiger partial charge in [0.05, 0.1) is 0 Å². The van der Waals surface area contributed by atoms with Gasteiger partial charge in [-0.2, -0.15) is 0 Å². The van der Waals surface area contributed by atoms with Crippen molar-refractivity contribution in [2.45, 2.75) is 13.5 Å². The molecule has 0 fully saturated rings. The molecule has 0 saturated heterocycles. The molecule has 0 atom stereocenters. The van der Waals surface area contributed by atoms with E-state index in [9.17, 15) is 0 Å². The molecule has 0 unspecified atom stereocenters. The summed E-state index contributed by atoms with van der Waals surface area (Å²) in [5, 5.41) is 0. The minimum Gasteiger partial charge on any atom is -0.490 e. The van der Waals surface area contributed by atoms with Gasteiger partial charge in [0, 0.05) is 39.0 Å². The van der Waals surface area contributed by atoms with E-state index in [2.05, 4.69) is 42.5 Å². The van der Waals surface area contributed by atoms with E-state index in [1.807, 2.05) is 53.1 Å². The number of hydrogen-bond donors (Lipinski definition) is 0. The quantitative estimate of drug-likeness (QED) is 0.463. The fourth-order valence-electron chi connectivity index (χ4n) is 2.77. The Kier molecular flexibility index (Phi) is 5.67. The molecular formula is C21H17N2OY-. The number of imidazole rings is 1. The van der Waals surface area contributed by atoms with Gasteiger partial charge < -0.3 is 14.3 Å². The Morgan fingerprint density at radius 1 is 0.960 bits per heavy atom. The first-order valence-electron chi connectivity index (χ1n) is 7.94. The van der Waals surface area contributed by atoms with Crippen LogP contribution in [0.3, 0.4) is 0 Å². The third-order valence-electron chi connectivity index (χ3n) is 4.04. The van der Waals surface area contributed by atoms with Crippen LogP contribution in [0.2, 0.25) is 0 Å². The van der Waals surface area contributed by atoms with Gasteiger partial charge in [-0.15, -0.1) is 0 Å². The average Bonchev–Trinajstić information content (AvgIpc) is 3.07. The number of aryl methyl sites for hydroxylation is 1. The minimum atomic E-state index is 0. The van der Waals surface area contributed by atoms with Gasteiger partial charge in [-0.05, 0) is 35.8 Å². The molecule has 4 rings (SSSR count). The van der Waals surface area contributed by atoms with Crippen LogP contribution in [-0.2, 0) is 39.3 Å². The topological polar surface area (TPSA) is 27.1 Å². The number of nitrogens with zero attached hydrogens (tertiary/aromatic N) is 2. The molecule has 0 saturated carbocycles. The largest absolute Gasteiger partial charge is 0.490 e. The number of hydrogen-bond acceptors (Lipinski definition) is 2. The molecule has 0 spiro atoms. The molecule has 0 N–H and O–H groups in total. The molecule has 0 aliphatic heterocycles. The fraction of sp³-hybridized carbons (Fsp3) is 0.0952. The Morgan fingerprint density at radius 3 is 2.60 bits per heavy atom. The van der Waals surface area contributed by atoms with Gasteiger partial charge in [0.15, 0.2) is 0 Å². The van der Waals surface area contributed by atoms with Crippen LogP contribution < -0.4 is 4.74 Å². The number of aromatic nitrogens is 2. The van der Waals surface area contributed by atoms with Gasteiger partial charge in [0.1, 0.15) is 12.4 Å². The molecule has 1 heterocycles. The summed E-state index contributed by atoms with van der Waals surface area (Å²) in [6.45, 7) is 2.62. The standard InChI is InChI=1S/C21H17N2O.Y/c1-16-7-5-12-20-21(16)22-15-23(20)18-10-6-11-19(13-18)24-14-17-8-3-2-4-9-17;/h2-13H,14H2,1H3;/q-1;. The second-order valence-corrected chi connectivity index (χ2v) is 5.76. The summed E-state index contributed by atoms with van der Waals surface area (Å²) in [5.74, 6) is 0.833. The first kappa shape index (κ1) is 17.8. The van der Waals surface area contributed by atoms with Crippen LogP contribution in [0.25, 0.3) is 16.7 Å². The zero-order valence-electron chi connectivity index (χ0n) is 14.0. The summed E-state index contributed by atoms with van der Waals surface area (Å²) in [7, 11) is 0. The van der Waals surface area contributed by atoms with Gasteiger partial charge in [0.2, 0.25) is 0 Å². The van der Waals surface area contributed by atoms with E-state index >= 15 is 0 Å². The number of rotatable bonds is 4. The van der Waals surface area contributed by atoms with Crippen molar-refractivity contribution in [2.24, 2.45) is 0 Å². The molecule has 0 aliphatic carbocycles. The summed E-state index contributed by atoms with van der Waals surface area (Å²) in [6.07, 6.45) is 3.08. The molecule has 4 heteroatoms. The van der Waals surface area contributed by atoms with Crippen LogP contribution in [0.4, 0.5) is 0 Å². The van der Waals surface area contributed by atoms with Gasteiger partial charge in [0.25, 0.3) is 0 Å². The monoisotopic (exact) mass is 402 g/mol. The van der Waals surface area contributed by atoms with Gasteiger partial charge >= 0.3 is 0 Å². The van der Waals surface area contributed by atoms with Crippen molar-refractivity contribution in [3.05, 3.63) is 90.3 Å². The van der Waals surface area contributed by atoms with E-state index in [-0.39, 0.29) is 32.7 Å². The molecule has 3 aromatic carbocycles. The van der Waals surface area contributed by atoms with Gasteiger partial charge in [-0.1, -0.05) is 71.7 Å². The molecule has 121 valence electrons. The van der Waals surface area contributed by atoms with Crippen molar-refractivity contribution in [1.29, 1.82) is 0 Å². The summed E-state index contributed by atoms with van der Waals surface area (Å²) in [4.78, 5) is 4.41. The first-order chi connectivity index (χ1) is 11.8. The summed E-state index contributed by atoms with van der Waals surface area (Å²) >= 11 is 0. The molecule has 0 amide bonds. The van der Waals surface area contributed by atoms with Gasteiger partial charge in [-0.25, -0.2) is 0 Å². The zero-order chi connectivity index (χ0) is 16.4. The number of para-hydroxylation sites is 1. The van der Waals surface area contributed by atoms with Crippen molar-refractivity contribution in [2.75, 3.05) is 0 Å². The van der Waals surface area contributed by atoms with E-state index in [1.165, 1.54) is 0 Å². The van der Waals surface area contributed by atoms with E-state index in [1.54, 1.807) is 0 Å². The maximum atomic E-state index is 5.92. The smallest absolute Gasteiger partial charge is 0.113 e. The van der Waals surface area contributed by atoms with E-state index in [0.29, 0.717) is 6.61 Å². The van der Waals surface area contributed by atoms with E-state index < -0.39 is 0 Å². The second kappa shape index (κ2) is 7.94. The number of ether oxygens (including phenoxy) is 1. The van der Waals surface area contributed by atoms with Crippen molar-refractivity contribution >= 4 is 11.0 Å². The molecule has 0 bridgehead atoms. The van der Waals surface area contributed by atoms with Gasteiger partial charge in [-0.3, -0.25) is 0 Å². The Labute approximate surface area is 172 Å².